The van der Waals surface area contributed by atoms with Crippen LogP contribution in [0.3, 0.4) is 0 Å². The van der Waals surface area contributed by atoms with Gasteiger partial charge < -0.3 is 19.3 Å². The van der Waals surface area contributed by atoms with Gasteiger partial charge in [-0.25, -0.2) is 4.79 Å². The highest BCUT2D eigenvalue weighted by molar-refractivity contribution is 5.91. The van der Waals surface area contributed by atoms with Crippen LogP contribution in [0.25, 0.3) is 0 Å². The molecule has 0 atom stereocenters. The van der Waals surface area contributed by atoms with Gasteiger partial charge in [-0.05, 0) is 51.0 Å². The van der Waals surface area contributed by atoms with E-state index in [1.54, 1.807) is 24.3 Å². The first-order valence-electron chi connectivity index (χ1n) is 10.1. The number of carbonyl (C=O) groups is 2. The van der Waals surface area contributed by atoms with Crippen LogP contribution in [-0.2, 0) is 16.1 Å². The van der Waals surface area contributed by atoms with Gasteiger partial charge in [0.25, 0.3) is 5.91 Å². The third kappa shape index (κ3) is 6.07. The molecule has 1 saturated carbocycles. The Morgan fingerprint density at radius 3 is 2.41 bits per heavy atom. The van der Waals surface area contributed by atoms with Crippen LogP contribution in [0.4, 0.5) is 0 Å². The number of amides is 1. The van der Waals surface area contributed by atoms with Crippen LogP contribution < -0.4 is 10.1 Å². The molecule has 1 aromatic carbocycles. The summed E-state index contributed by atoms with van der Waals surface area (Å²) in [7, 11) is 0. The van der Waals surface area contributed by atoms with Crippen molar-refractivity contribution in [2.24, 2.45) is 0 Å². The van der Waals surface area contributed by atoms with E-state index in [1.165, 1.54) is 12.8 Å². The molecule has 1 fully saturated rings. The lowest BCUT2D eigenvalue weighted by Crippen LogP contribution is -2.37. The zero-order valence-corrected chi connectivity index (χ0v) is 17.0. The zero-order valence-electron chi connectivity index (χ0n) is 17.0. The zero-order chi connectivity index (χ0) is 20.6. The topological polar surface area (TPSA) is 90.7 Å². The van der Waals surface area contributed by atoms with Crippen molar-refractivity contribution in [3.05, 3.63) is 46.8 Å². The van der Waals surface area contributed by atoms with Crippen LogP contribution in [-0.4, -0.2) is 29.7 Å². The van der Waals surface area contributed by atoms with Gasteiger partial charge in [0.1, 0.15) is 18.1 Å². The number of benzene rings is 1. The quantitative estimate of drug-likeness (QED) is 0.560. The first-order valence-corrected chi connectivity index (χ1v) is 10.1. The fourth-order valence-corrected chi connectivity index (χ4v) is 3.46. The number of carbonyl (C=O) groups excluding carboxylic acids is 2. The molecule has 0 spiro atoms. The molecule has 1 aliphatic rings. The van der Waals surface area contributed by atoms with E-state index in [-0.39, 0.29) is 18.6 Å². The van der Waals surface area contributed by atoms with E-state index in [2.05, 4.69) is 10.5 Å². The van der Waals surface area contributed by atoms with Gasteiger partial charge >= 0.3 is 5.97 Å². The summed E-state index contributed by atoms with van der Waals surface area (Å²) in [6.07, 6.45) is 6.70. The Labute approximate surface area is 170 Å². The smallest absolute Gasteiger partial charge is 0.338 e. The third-order valence-electron chi connectivity index (χ3n) is 5.21. The van der Waals surface area contributed by atoms with E-state index in [0.717, 1.165) is 42.7 Å². The maximum atomic E-state index is 12.2. The summed E-state index contributed by atoms with van der Waals surface area (Å²) < 4.78 is 16.0. The summed E-state index contributed by atoms with van der Waals surface area (Å²) in [5.41, 5.74) is 2.08. The molecule has 0 bridgehead atoms. The molecule has 2 aromatic rings. The van der Waals surface area contributed by atoms with Crippen molar-refractivity contribution in [3.63, 3.8) is 0 Å². The third-order valence-corrected chi connectivity index (χ3v) is 5.21. The van der Waals surface area contributed by atoms with Crippen molar-refractivity contribution in [1.29, 1.82) is 0 Å². The van der Waals surface area contributed by atoms with Crippen molar-refractivity contribution in [3.8, 4) is 5.75 Å². The van der Waals surface area contributed by atoms with Crippen molar-refractivity contribution >= 4 is 11.9 Å². The molecule has 1 aliphatic carbocycles. The van der Waals surface area contributed by atoms with Crippen LogP contribution in [0.5, 0.6) is 5.75 Å². The summed E-state index contributed by atoms with van der Waals surface area (Å²) in [5.74, 6) is 0.570. The number of nitrogens with zero attached hydrogens (tertiary/aromatic N) is 1. The normalized spacial score (nSPS) is 14.8. The van der Waals surface area contributed by atoms with Crippen molar-refractivity contribution in [2.45, 2.75) is 65.0 Å². The second kappa shape index (κ2) is 10.1. The average Bonchev–Trinajstić information content (AvgIpc) is 2.89. The molecule has 156 valence electrons. The van der Waals surface area contributed by atoms with Crippen LogP contribution in [0.2, 0.25) is 0 Å². The summed E-state index contributed by atoms with van der Waals surface area (Å²) in [5, 5.41) is 6.86. The number of hydrogen-bond acceptors (Lipinski definition) is 6. The largest absolute Gasteiger partial charge is 0.489 e. The molecule has 1 amide bonds. The number of ether oxygens (including phenoxy) is 2. The molecule has 7 heteroatoms. The SMILES string of the molecule is Cc1noc(C)c1COc1ccc(C(=O)OCC(=O)NC2CCCCCC2)cc1. The van der Waals surface area contributed by atoms with Gasteiger partial charge in [-0.2, -0.15) is 0 Å². The highest BCUT2D eigenvalue weighted by Gasteiger charge is 2.16. The van der Waals surface area contributed by atoms with Crippen LogP contribution in [0.1, 0.15) is 65.9 Å². The highest BCUT2D eigenvalue weighted by atomic mass is 16.5. The van der Waals surface area contributed by atoms with Crippen LogP contribution in [0.15, 0.2) is 28.8 Å². The highest BCUT2D eigenvalue weighted by Crippen LogP contribution is 2.19. The number of hydrogen-bond donors (Lipinski definition) is 1. The number of aryl methyl sites for hydroxylation is 2. The Morgan fingerprint density at radius 2 is 1.79 bits per heavy atom. The van der Waals surface area contributed by atoms with E-state index in [0.29, 0.717) is 17.9 Å². The minimum Gasteiger partial charge on any atom is -0.489 e. The van der Waals surface area contributed by atoms with Gasteiger partial charge in [0, 0.05) is 6.04 Å². The molecule has 7 nitrogen and oxygen atoms in total. The van der Waals surface area contributed by atoms with Crippen molar-refractivity contribution < 1.29 is 23.6 Å². The summed E-state index contributed by atoms with van der Waals surface area (Å²) >= 11 is 0. The van der Waals surface area contributed by atoms with E-state index >= 15 is 0 Å². The minimum absolute atomic E-state index is 0.192. The molecule has 3 rings (SSSR count). The minimum atomic E-state index is -0.529. The van der Waals surface area contributed by atoms with Gasteiger partial charge in [0.15, 0.2) is 6.61 Å². The van der Waals surface area contributed by atoms with Crippen LogP contribution >= 0.6 is 0 Å². The van der Waals surface area contributed by atoms with E-state index in [4.69, 9.17) is 14.0 Å². The molecule has 0 saturated heterocycles. The van der Waals surface area contributed by atoms with Gasteiger partial charge in [-0.3, -0.25) is 4.79 Å². The second-order valence-corrected chi connectivity index (χ2v) is 7.45. The van der Waals surface area contributed by atoms with E-state index < -0.39 is 5.97 Å². The monoisotopic (exact) mass is 400 g/mol. The standard InChI is InChI=1S/C22H28N2O5/c1-15-20(16(2)29-24-15)13-27-19-11-9-17(10-12-19)22(26)28-14-21(25)23-18-7-5-3-4-6-8-18/h9-12,18H,3-8,13-14H2,1-2H3,(H,23,25). The summed E-state index contributed by atoms with van der Waals surface area (Å²) in [6, 6.07) is 6.82. The molecule has 0 unspecified atom stereocenters. The summed E-state index contributed by atoms with van der Waals surface area (Å²) in [4.78, 5) is 24.2. The maximum absolute atomic E-state index is 12.2. The number of esters is 1. The Balaban J connectivity index is 1.44. The fraction of sp³-hybridized carbons (Fsp3) is 0.500. The Bertz CT molecular complexity index is 801. The van der Waals surface area contributed by atoms with Gasteiger partial charge in [0.2, 0.25) is 0 Å². The molecule has 1 N–H and O–H groups in total. The van der Waals surface area contributed by atoms with E-state index in [1.807, 2.05) is 13.8 Å². The molecular formula is C22H28N2O5. The molecule has 29 heavy (non-hydrogen) atoms. The molecule has 1 heterocycles. The van der Waals surface area contributed by atoms with Crippen molar-refractivity contribution in [1.82, 2.24) is 10.5 Å². The molecule has 1 aromatic heterocycles. The number of rotatable bonds is 7. The Morgan fingerprint density at radius 1 is 1.10 bits per heavy atom. The molecular weight excluding hydrogens is 372 g/mol. The van der Waals surface area contributed by atoms with Gasteiger partial charge in [0.05, 0.1) is 16.8 Å². The van der Waals surface area contributed by atoms with E-state index in [9.17, 15) is 9.59 Å². The fourth-order valence-electron chi connectivity index (χ4n) is 3.46. The van der Waals surface area contributed by atoms with Crippen molar-refractivity contribution in [2.75, 3.05) is 6.61 Å². The lowest BCUT2D eigenvalue weighted by atomic mass is 10.1. The lowest BCUT2D eigenvalue weighted by molar-refractivity contribution is -0.125. The second-order valence-electron chi connectivity index (χ2n) is 7.45. The van der Waals surface area contributed by atoms with Gasteiger partial charge in [-0.15, -0.1) is 0 Å². The number of nitrogens with one attached hydrogen (secondary N) is 1. The Kier molecular flexibility index (Phi) is 7.27. The molecule has 0 radical (unpaired) electrons. The first-order chi connectivity index (χ1) is 14.0. The van der Waals surface area contributed by atoms with Crippen LogP contribution in [0, 0.1) is 13.8 Å². The lowest BCUT2D eigenvalue weighted by Gasteiger charge is -2.16. The summed E-state index contributed by atoms with van der Waals surface area (Å²) in [6.45, 7) is 3.77. The predicted octanol–water partition coefficient (Wildman–Crippen LogP) is 3.87. The predicted molar refractivity (Wildman–Crippen MR) is 107 cm³/mol. The average molecular weight is 400 g/mol. The maximum Gasteiger partial charge on any atom is 0.338 e. The van der Waals surface area contributed by atoms with Gasteiger partial charge in [-0.1, -0.05) is 30.8 Å². The molecule has 0 aliphatic heterocycles. The number of aromatic nitrogens is 1. The Hall–Kier alpha value is -2.83. The first kappa shape index (κ1) is 20.9.